The molecule has 0 aliphatic rings. The first-order chi connectivity index (χ1) is 9.31. The van der Waals surface area contributed by atoms with Crippen LogP contribution in [0, 0.1) is 0 Å². The number of rotatable bonds is 4. The van der Waals surface area contributed by atoms with Gasteiger partial charge in [-0.15, -0.1) is 0 Å². The zero-order chi connectivity index (χ0) is 13.5. The van der Waals surface area contributed by atoms with Crippen LogP contribution in [0.25, 0.3) is 5.70 Å². The van der Waals surface area contributed by atoms with E-state index in [1.54, 1.807) is 24.3 Å². The molecule has 0 aliphatic heterocycles. The molecule has 1 N–H and O–H groups in total. The second-order valence-electron chi connectivity index (χ2n) is 3.93. The molecular weight excluding hydrogens is 238 g/mol. The van der Waals surface area contributed by atoms with Crippen molar-refractivity contribution in [2.45, 2.75) is 6.92 Å². The van der Waals surface area contributed by atoms with Gasteiger partial charge in [0.2, 0.25) is 0 Å². The fourth-order valence-electron chi connectivity index (χ4n) is 1.64. The average Bonchev–Trinajstić information content (AvgIpc) is 2.49. The maximum Gasteiger partial charge on any atom is 0.362 e. The molecule has 0 fully saturated rings. The third kappa shape index (κ3) is 3.45. The fraction of sp³-hybridized carbons (Fsp3) is 0.0625. The molecule has 96 valence electrons. The van der Waals surface area contributed by atoms with E-state index in [4.69, 9.17) is 4.84 Å². The van der Waals surface area contributed by atoms with E-state index in [-0.39, 0.29) is 0 Å². The lowest BCUT2D eigenvalue weighted by Crippen LogP contribution is -2.18. The number of carbonyl (C=O) groups excluding carboxylic acids is 1. The Balaban J connectivity index is 2.00. The lowest BCUT2D eigenvalue weighted by Gasteiger charge is -2.10. The van der Waals surface area contributed by atoms with Gasteiger partial charge in [-0.1, -0.05) is 54.6 Å². The minimum Gasteiger partial charge on any atom is -0.338 e. The molecule has 19 heavy (non-hydrogen) atoms. The van der Waals surface area contributed by atoms with Crippen LogP contribution in [0.5, 0.6) is 0 Å². The summed E-state index contributed by atoms with van der Waals surface area (Å²) in [4.78, 5) is 16.9. The van der Waals surface area contributed by atoms with E-state index in [0.717, 1.165) is 11.3 Å². The molecule has 0 saturated carbocycles. The molecular formula is C16H15NO2. The van der Waals surface area contributed by atoms with E-state index >= 15 is 0 Å². The maximum absolute atomic E-state index is 11.8. The van der Waals surface area contributed by atoms with Crippen molar-refractivity contribution in [3.05, 3.63) is 77.9 Å². The average molecular weight is 253 g/mol. The highest BCUT2D eigenvalue weighted by molar-refractivity contribution is 5.89. The van der Waals surface area contributed by atoms with Gasteiger partial charge in [-0.3, -0.25) is 0 Å². The highest BCUT2D eigenvalue weighted by Crippen LogP contribution is 2.11. The quantitative estimate of drug-likeness (QED) is 0.848. The summed E-state index contributed by atoms with van der Waals surface area (Å²) in [6, 6.07) is 18.5. The number of allylic oxidation sites excluding steroid dienone is 1. The molecule has 2 aromatic rings. The zero-order valence-electron chi connectivity index (χ0n) is 10.7. The third-order valence-corrected chi connectivity index (χ3v) is 2.64. The van der Waals surface area contributed by atoms with Gasteiger partial charge in [0, 0.05) is 5.56 Å². The highest BCUT2D eigenvalue weighted by Gasteiger charge is 2.07. The molecule has 0 amide bonds. The van der Waals surface area contributed by atoms with E-state index in [1.165, 1.54) is 0 Å². The van der Waals surface area contributed by atoms with Crippen molar-refractivity contribution in [1.29, 1.82) is 0 Å². The Bertz CT molecular complexity index is 562. The molecule has 0 bridgehead atoms. The van der Waals surface area contributed by atoms with Gasteiger partial charge in [0.15, 0.2) is 0 Å². The summed E-state index contributed by atoms with van der Waals surface area (Å²) in [6.07, 6.45) is 1.85. The van der Waals surface area contributed by atoms with Crippen LogP contribution in [-0.4, -0.2) is 5.97 Å². The summed E-state index contributed by atoms with van der Waals surface area (Å²) in [6.45, 7) is 1.88. The topological polar surface area (TPSA) is 38.3 Å². The van der Waals surface area contributed by atoms with E-state index < -0.39 is 5.97 Å². The lowest BCUT2D eigenvalue weighted by molar-refractivity contribution is 0.0369. The van der Waals surface area contributed by atoms with Crippen LogP contribution >= 0.6 is 0 Å². The minimum atomic E-state index is -0.407. The largest absolute Gasteiger partial charge is 0.362 e. The van der Waals surface area contributed by atoms with Crippen molar-refractivity contribution in [2.24, 2.45) is 0 Å². The van der Waals surface area contributed by atoms with Crippen LogP contribution in [0.3, 0.4) is 0 Å². The summed E-state index contributed by atoms with van der Waals surface area (Å²) in [5.74, 6) is -0.407. The second-order valence-corrected chi connectivity index (χ2v) is 3.93. The van der Waals surface area contributed by atoms with Crippen molar-refractivity contribution in [1.82, 2.24) is 5.48 Å². The summed E-state index contributed by atoms with van der Waals surface area (Å²) in [5.41, 5.74) is 4.93. The van der Waals surface area contributed by atoms with Crippen LogP contribution in [0.4, 0.5) is 0 Å². The molecule has 0 aromatic heterocycles. The van der Waals surface area contributed by atoms with Gasteiger partial charge in [-0.25, -0.2) is 10.3 Å². The maximum atomic E-state index is 11.8. The van der Waals surface area contributed by atoms with Crippen LogP contribution in [0.2, 0.25) is 0 Å². The Morgan fingerprint density at radius 2 is 1.47 bits per heavy atom. The first-order valence-corrected chi connectivity index (χ1v) is 6.05. The predicted octanol–water partition coefficient (Wildman–Crippen LogP) is 3.41. The first-order valence-electron chi connectivity index (χ1n) is 6.05. The zero-order valence-corrected chi connectivity index (χ0v) is 10.7. The van der Waals surface area contributed by atoms with Crippen molar-refractivity contribution >= 4 is 11.7 Å². The number of hydroxylamine groups is 1. The summed E-state index contributed by atoms with van der Waals surface area (Å²) in [7, 11) is 0. The van der Waals surface area contributed by atoms with Gasteiger partial charge in [-0.2, -0.15) is 0 Å². The normalized spacial score (nSPS) is 10.9. The highest BCUT2D eigenvalue weighted by atomic mass is 16.7. The van der Waals surface area contributed by atoms with E-state index in [1.807, 2.05) is 49.4 Å². The van der Waals surface area contributed by atoms with Crippen LogP contribution in [0.1, 0.15) is 22.8 Å². The fourth-order valence-corrected chi connectivity index (χ4v) is 1.64. The monoisotopic (exact) mass is 253 g/mol. The van der Waals surface area contributed by atoms with Crippen LogP contribution in [0.15, 0.2) is 66.7 Å². The molecule has 0 radical (unpaired) electrons. The molecule has 0 aliphatic carbocycles. The molecule has 2 rings (SSSR count). The van der Waals surface area contributed by atoms with Gasteiger partial charge in [-0.05, 0) is 19.1 Å². The SMILES string of the molecule is C/C=C(/NOC(=O)c1ccccc1)c1ccccc1. The van der Waals surface area contributed by atoms with Crippen LogP contribution < -0.4 is 5.48 Å². The van der Waals surface area contributed by atoms with Gasteiger partial charge >= 0.3 is 5.97 Å². The molecule has 2 aromatic carbocycles. The number of benzene rings is 2. The Morgan fingerprint density at radius 1 is 0.947 bits per heavy atom. The molecule has 3 heteroatoms. The van der Waals surface area contributed by atoms with Crippen molar-refractivity contribution in [3.8, 4) is 0 Å². The number of carbonyl (C=O) groups is 1. The predicted molar refractivity (Wildman–Crippen MR) is 75.1 cm³/mol. The number of hydrogen-bond donors (Lipinski definition) is 1. The summed E-state index contributed by atoms with van der Waals surface area (Å²) in [5, 5.41) is 0. The van der Waals surface area contributed by atoms with Crippen molar-refractivity contribution in [2.75, 3.05) is 0 Å². The van der Waals surface area contributed by atoms with E-state index in [0.29, 0.717) is 5.56 Å². The Labute approximate surface area is 112 Å². The molecule has 0 atom stereocenters. The number of nitrogens with one attached hydrogen (secondary N) is 1. The molecule has 3 nitrogen and oxygen atoms in total. The second kappa shape index (κ2) is 6.40. The Morgan fingerprint density at radius 3 is 2.00 bits per heavy atom. The minimum absolute atomic E-state index is 0.407. The van der Waals surface area contributed by atoms with E-state index in [9.17, 15) is 4.79 Å². The summed E-state index contributed by atoms with van der Waals surface area (Å²) >= 11 is 0. The van der Waals surface area contributed by atoms with Gasteiger partial charge in [0.05, 0.1) is 11.3 Å². The van der Waals surface area contributed by atoms with E-state index in [2.05, 4.69) is 5.48 Å². The smallest absolute Gasteiger partial charge is 0.338 e. The van der Waals surface area contributed by atoms with Crippen molar-refractivity contribution in [3.63, 3.8) is 0 Å². The van der Waals surface area contributed by atoms with Crippen LogP contribution in [-0.2, 0) is 4.84 Å². The molecule has 0 unspecified atom stereocenters. The van der Waals surface area contributed by atoms with Crippen molar-refractivity contribution < 1.29 is 9.63 Å². The molecule has 0 heterocycles. The molecule has 0 saturated heterocycles. The Kier molecular flexibility index (Phi) is 4.34. The first kappa shape index (κ1) is 12.9. The number of hydrogen-bond acceptors (Lipinski definition) is 3. The van der Waals surface area contributed by atoms with Gasteiger partial charge in [0.1, 0.15) is 0 Å². The third-order valence-electron chi connectivity index (χ3n) is 2.64. The lowest BCUT2D eigenvalue weighted by atomic mass is 10.1. The summed E-state index contributed by atoms with van der Waals surface area (Å²) < 4.78 is 0. The molecule has 0 spiro atoms. The van der Waals surface area contributed by atoms with Gasteiger partial charge in [0.25, 0.3) is 0 Å². The van der Waals surface area contributed by atoms with Gasteiger partial charge < -0.3 is 4.84 Å². The standard InChI is InChI=1S/C16H15NO2/c1-2-15(13-9-5-3-6-10-13)17-19-16(18)14-11-7-4-8-12-14/h2-12,17H,1H3/b15-2+. The Hall–Kier alpha value is -2.55.